The topological polar surface area (TPSA) is 61.8 Å². The number of hydrogen-bond acceptors (Lipinski definition) is 5. The van der Waals surface area contributed by atoms with Gasteiger partial charge in [0.2, 0.25) is 0 Å². The lowest BCUT2D eigenvalue weighted by Gasteiger charge is -2.54. The molecule has 0 spiro atoms. The normalized spacial score (nSPS) is 35.0. The van der Waals surface area contributed by atoms with Gasteiger partial charge in [-0.2, -0.15) is 0 Å². The molecule has 0 aromatic heterocycles. The zero-order valence-corrected chi connectivity index (χ0v) is 19.9. The van der Waals surface area contributed by atoms with Gasteiger partial charge in [-0.1, -0.05) is 12.5 Å². The molecule has 0 N–H and O–H groups in total. The van der Waals surface area contributed by atoms with Crippen LogP contribution in [0.25, 0.3) is 0 Å². The second-order valence-corrected chi connectivity index (χ2v) is 10.4. The molecule has 1 aromatic rings. The van der Waals surface area contributed by atoms with Crippen LogP contribution >= 0.6 is 0 Å². The summed E-state index contributed by atoms with van der Waals surface area (Å²) in [6.07, 6.45) is 11.5. The Hall–Kier alpha value is -2.30. The van der Waals surface area contributed by atoms with Crippen molar-refractivity contribution in [3.05, 3.63) is 35.9 Å². The van der Waals surface area contributed by atoms with Crippen LogP contribution in [0.15, 0.2) is 35.9 Å². The monoisotopic (exact) mass is 452 g/mol. The van der Waals surface area contributed by atoms with Crippen LogP contribution in [0, 0.1) is 29.1 Å². The molecule has 0 bridgehead atoms. The highest BCUT2D eigenvalue weighted by Gasteiger charge is 2.58. The molecule has 4 aliphatic carbocycles. The molecule has 5 rings (SSSR count). The van der Waals surface area contributed by atoms with Crippen molar-refractivity contribution in [2.45, 2.75) is 70.8 Å². The van der Waals surface area contributed by atoms with E-state index < -0.39 is 0 Å². The highest BCUT2D eigenvalue weighted by Crippen LogP contribution is 2.63. The van der Waals surface area contributed by atoms with E-state index in [1.165, 1.54) is 18.4 Å². The van der Waals surface area contributed by atoms with Crippen LogP contribution in [0.2, 0.25) is 0 Å². The first-order valence-corrected chi connectivity index (χ1v) is 12.7. The van der Waals surface area contributed by atoms with Crippen molar-refractivity contribution in [1.29, 1.82) is 0 Å². The van der Waals surface area contributed by atoms with Crippen LogP contribution in [0.4, 0.5) is 0 Å². The molecule has 5 nitrogen and oxygen atoms in total. The Morgan fingerprint density at radius 3 is 2.55 bits per heavy atom. The Morgan fingerprint density at radius 2 is 1.79 bits per heavy atom. The Balaban J connectivity index is 1.23. The summed E-state index contributed by atoms with van der Waals surface area (Å²) in [5.41, 5.74) is 1.52. The zero-order valence-electron chi connectivity index (χ0n) is 19.9. The summed E-state index contributed by atoms with van der Waals surface area (Å²) in [7, 11) is 1.62. The summed E-state index contributed by atoms with van der Waals surface area (Å²) >= 11 is 0. The highest BCUT2D eigenvalue weighted by molar-refractivity contribution is 5.91. The first kappa shape index (κ1) is 22.5. The molecule has 0 amide bonds. The van der Waals surface area contributed by atoms with Gasteiger partial charge in [0, 0.05) is 11.8 Å². The van der Waals surface area contributed by atoms with Gasteiger partial charge < -0.3 is 14.2 Å². The van der Waals surface area contributed by atoms with Crippen molar-refractivity contribution < 1.29 is 23.8 Å². The molecule has 0 saturated heterocycles. The maximum absolute atomic E-state index is 12.7. The van der Waals surface area contributed by atoms with Gasteiger partial charge in [0.05, 0.1) is 7.11 Å². The third-order valence-electron chi connectivity index (χ3n) is 9.29. The molecule has 1 aromatic carbocycles. The molecule has 6 unspecified atom stereocenters. The van der Waals surface area contributed by atoms with Crippen LogP contribution in [-0.2, 0) is 14.3 Å². The molecule has 4 aliphatic rings. The van der Waals surface area contributed by atoms with Gasteiger partial charge >= 0.3 is 5.97 Å². The number of esters is 1. The van der Waals surface area contributed by atoms with Gasteiger partial charge in [-0.25, -0.2) is 4.79 Å². The number of carbonyl (C=O) groups excluding carboxylic acids is 2. The Kier molecular flexibility index (Phi) is 6.24. The largest absolute Gasteiger partial charge is 0.497 e. The van der Waals surface area contributed by atoms with Crippen LogP contribution in [-0.4, -0.2) is 31.6 Å². The molecule has 0 heterocycles. The van der Waals surface area contributed by atoms with Crippen LogP contribution in [0.1, 0.15) is 64.7 Å². The summed E-state index contributed by atoms with van der Waals surface area (Å²) < 4.78 is 16.9. The fraction of sp³-hybridized carbons (Fsp3) is 0.643. The molecule has 33 heavy (non-hydrogen) atoms. The van der Waals surface area contributed by atoms with E-state index in [9.17, 15) is 9.59 Å². The standard InChI is InChI=1S/C28H36O5/c1-3-28-15-14-23-22-11-5-19(29)16-18(22)4-10-24(23)25(28)12-13-26(28)33-27(30)17-32-21-8-6-20(31-2)7-9-21/h6-9,16,22-26H,3-5,10-15,17H2,1-2H3. The predicted octanol–water partition coefficient (Wildman–Crippen LogP) is 5.52. The van der Waals surface area contributed by atoms with E-state index in [1.807, 2.05) is 18.2 Å². The molecule has 5 heteroatoms. The van der Waals surface area contributed by atoms with Crippen molar-refractivity contribution in [2.24, 2.45) is 29.1 Å². The average Bonchev–Trinajstić information content (AvgIpc) is 3.21. The number of ketones is 1. The number of methoxy groups -OCH3 is 1. The van der Waals surface area contributed by atoms with E-state index in [2.05, 4.69) is 6.92 Å². The fourth-order valence-corrected chi connectivity index (χ4v) is 7.79. The van der Waals surface area contributed by atoms with Gasteiger partial charge in [0.25, 0.3) is 0 Å². The Bertz CT molecular complexity index is 919. The SMILES string of the molecule is CCC12CCC3C4CCC(=O)C=C4CCC3C1CCC2OC(=O)COc1ccc(OC)cc1. The first-order valence-electron chi connectivity index (χ1n) is 12.7. The van der Waals surface area contributed by atoms with E-state index in [0.29, 0.717) is 35.2 Å². The molecule has 178 valence electrons. The lowest BCUT2D eigenvalue weighted by atomic mass is 9.51. The molecular weight excluding hydrogens is 416 g/mol. The van der Waals surface area contributed by atoms with E-state index in [4.69, 9.17) is 14.2 Å². The van der Waals surface area contributed by atoms with Crippen molar-refractivity contribution in [3.8, 4) is 11.5 Å². The summed E-state index contributed by atoms with van der Waals surface area (Å²) in [6, 6.07) is 7.24. The molecule has 3 fully saturated rings. The smallest absolute Gasteiger partial charge is 0.344 e. The Labute approximate surface area is 196 Å². The molecule has 0 radical (unpaired) electrons. The number of rotatable bonds is 6. The fourth-order valence-electron chi connectivity index (χ4n) is 7.79. The lowest BCUT2D eigenvalue weighted by Crippen LogP contribution is -2.49. The number of benzene rings is 1. The molecule has 6 atom stereocenters. The maximum atomic E-state index is 12.7. The third-order valence-corrected chi connectivity index (χ3v) is 9.29. The molecule has 0 aliphatic heterocycles. The minimum atomic E-state index is -0.272. The van der Waals surface area contributed by atoms with Crippen molar-refractivity contribution in [1.82, 2.24) is 0 Å². The number of hydrogen-bond donors (Lipinski definition) is 0. The van der Waals surface area contributed by atoms with Crippen LogP contribution < -0.4 is 9.47 Å². The first-order chi connectivity index (χ1) is 16.0. The maximum Gasteiger partial charge on any atom is 0.344 e. The predicted molar refractivity (Wildman–Crippen MR) is 125 cm³/mol. The van der Waals surface area contributed by atoms with Crippen molar-refractivity contribution in [3.63, 3.8) is 0 Å². The summed E-state index contributed by atoms with van der Waals surface area (Å²) in [5.74, 6) is 4.09. The van der Waals surface area contributed by atoms with Crippen molar-refractivity contribution in [2.75, 3.05) is 13.7 Å². The molecule has 3 saturated carbocycles. The summed E-state index contributed by atoms with van der Waals surface area (Å²) in [6.45, 7) is 2.21. The number of allylic oxidation sites excluding steroid dienone is 1. The van der Waals surface area contributed by atoms with Crippen LogP contribution in [0.5, 0.6) is 11.5 Å². The second kappa shape index (κ2) is 9.15. The van der Waals surface area contributed by atoms with Gasteiger partial charge in [-0.05, 0) is 105 Å². The quantitative estimate of drug-likeness (QED) is 0.532. The molecular formula is C28H36O5. The number of carbonyl (C=O) groups is 2. The van der Waals surface area contributed by atoms with Gasteiger partial charge in [0.1, 0.15) is 17.6 Å². The van der Waals surface area contributed by atoms with E-state index in [1.54, 1.807) is 19.2 Å². The summed E-state index contributed by atoms with van der Waals surface area (Å²) in [4.78, 5) is 24.7. The minimum absolute atomic E-state index is 0.00899. The van der Waals surface area contributed by atoms with Crippen molar-refractivity contribution >= 4 is 11.8 Å². The van der Waals surface area contributed by atoms with E-state index in [0.717, 1.165) is 50.7 Å². The summed E-state index contributed by atoms with van der Waals surface area (Å²) in [5, 5.41) is 0. The highest BCUT2D eigenvalue weighted by atomic mass is 16.6. The van der Waals surface area contributed by atoms with Crippen LogP contribution in [0.3, 0.4) is 0 Å². The van der Waals surface area contributed by atoms with E-state index in [-0.39, 0.29) is 24.1 Å². The van der Waals surface area contributed by atoms with E-state index >= 15 is 0 Å². The number of fused-ring (bicyclic) bond motifs is 5. The number of ether oxygens (including phenoxy) is 3. The zero-order chi connectivity index (χ0) is 23.0. The van der Waals surface area contributed by atoms with Gasteiger partial charge in [0.15, 0.2) is 12.4 Å². The average molecular weight is 453 g/mol. The Morgan fingerprint density at radius 1 is 1.00 bits per heavy atom. The lowest BCUT2D eigenvalue weighted by molar-refractivity contribution is -0.163. The minimum Gasteiger partial charge on any atom is -0.497 e. The van der Waals surface area contributed by atoms with Gasteiger partial charge in [-0.15, -0.1) is 0 Å². The van der Waals surface area contributed by atoms with Gasteiger partial charge in [-0.3, -0.25) is 4.79 Å². The third kappa shape index (κ3) is 4.08. The second-order valence-electron chi connectivity index (χ2n) is 10.4.